The van der Waals surface area contributed by atoms with Crippen molar-refractivity contribution in [2.24, 2.45) is 0 Å². The summed E-state index contributed by atoms with van der Waals surface area (Å²) in [5.41, 5.74) is 1.03. The number of aromatic nitrogens is 2. The summed E-state index contributed by atoms with van der Waals surface area (Å²) in [4.78, 5) is 11.5. The van der Waals surface area contributed by atoms with Gasteiger partial charge in [-0.25, -0.2) is 9.97 Å². The summed E-state index contributed by atoms with van der Waals surface area (Å²) < 4.78 is 5.52. The van der Waals surface area contributed by atoms with Crippen LogP contribution < -0.4 is 4.90 Å². The molecule has 0 N–H and O–H groups in total. The summed E-state index contributed by atoms with van der Waals surface area (Å²) in [6.45, 7) is 8.69. The van der Waals surface area contributed by atoms with Crippen LogP contribution >= 0.6 is 15.9 Å². The first-order valence-electron chi connectivity index (χ1n) is 6.37. The molecule has 4 nitrogen and oxygen atoms in total. The van der Waals surface area contributed by atoms with E-state index >= 15 is 0 Å². The third kappa shape index (κ3) is 3.01. The number of ether oxygens (including phenoxy) is 1. The lowest BCUT2D eigenvalue weighted by Gasteiger charge is -2.35. The molecule has 1 aliphatic rings. The number of anilines is 1. The Kier molecular flexibility index (Phi) is 4.56. The Labute approximate surface area is 117 Å². The highest BCUT2D eigenvalue weighted by Gasteiger charge is 2.24. The van der Waals surface area contributed by atoms with Crippen LogP contribution in [-0.2, 0) is 4.74 Å². The van der Waals surface area contributed by atoms with Gasteiger partial charge in [-0.05, 0) is 6.92 Å². The van der Waals surface area contributed by atoms with Gasteiger partial charge in [0.05, 0.1) is 19.3 Å². The molecule has 0 aliphatic carbocycles. The highest BCUT2D eigenvalue weighted by Crippen LogP contribution is 2.21. The van der Waals surface area contributed by atoms with E-state index in [0.717, 1.165) is 42.4 Å². The molecule has 0 saturated carbocycles. The van der Waals surface area contributed by atoms with Crippen LogP contribution in [-0.4, -0.2) is 41.1 Å². The maximum Gasteiger partial charge on any atom is 0.133 e. The fraction of sp³-hybridized carbons (Fsp3) is 0.692. The molecule has 2 rings (SSSR count). The van der Waals surface area contributed by atoms with Gasteiger partial charge in [0.1, 0.15) is 11.6 Å². The van der Waals surface area contributed by atoms with Crippen LogP contribution in [0.5, 0.6) is 0 Å². The van der Waals surface area contributed by atoms with Crippen molar-refractivity contribution in [3.8, 4) is 0 Å². The zero-order valence-electron chi connectivity index (χ0n) is 11.2. The van der Waals surface area contributed by atoms with Crippen LogP contribution in [0.3, 0.4) is 0 Å². The second-order valence-corrected chi connectivity index (χ2v) is 5.60. The lowest BCUT2D eigenvalue weighted by molar-refractivity contribution is 0.0999. The molecule has 0 amide bonds. The molecular formula is C13H20BrN3O. The summed E-state index contributed by atoms with van der Waals surface area (Å²) in [6, 6.07) is 2.42. The van der Waals surface area contributed by atoms with E-state index in [-0.39, 0.29) is 0 Å². The van der Waals surface area contributed by atoms with Gasteiger partial charge in [-0.2, -0.15) is 0 Å². The molecule has 18 heavy (non-hydrogen) atoms. The number of halogens is 1. The number of morpholine rings is 1. The minimum atomic E-state index is 0.354. The van der Waals surface area contributed by atoms with Gasteiger partial charge < -0.3 is 9.64 Å². The molecule has 1 saturated heterocycles. The van der Waals surface area contributed by atoms with E-state index in [1.54, 1.807) is 0 Å². The van der Waals surface area contributed by atoms with Crippen LogP contribution in [0.4, 0.5) is 5.82 Å². The van der Waals surface area contributed by atoms with E-state index in [9.17, 15) is 0 Å². The van der Waals surface area contributed by atoms with Gasteiger partial charge in [-0.15, -0.1) is 0 Å². The number of aryl methyl sites for hydroxylation is 1. The number of hydrogen-bond donors (Lipinski definition) is 0. The minimum absolute atomic E-state index is 0.354. The molecule has 1 unspecified atom stereocenters. The van der Waals surface area contributed by atoms with Crippen molar-refractivity contribution in [1.82, 2.24) is 9.97 Å². The minimum Gasteiger partial charge on any atom is -0.377 e. The normalized spacial score (nSPS) is 20.5. The number of alkyl halides is 1. The first-order valence-corrected chi connectivity index (χ1v) is 7.50. The molecule has 1 aromatic heterocycles. The molecule has 1 fully saturated rings. The predicted octanol–water partition coefficient (Wildman–Crippen LogP) is 2.51. The first kappa shape index (κ1) is 13.7. The zero-order chi connectivity index (χ0) is 13.1. The fourth-order valence-corrected chi connectivity index (χ4v) is 2.60. The first-order chi connectivity index (χ1) is 8.61. The molecule has 1 aliphatic heterocycles. The van der Waals surface area contributed by atoms with Gasteiger partial charge >= 0.3 is 0 Å². The van der Waals surface area contributed by atoms with Crippen LogP contribution in [0.2, 0.25) is 0 Å². The molecule has 0 aromatic carbocycles. The second kappa shape index (κ2) is 5.97. The number of rotatable bonds is 3. The summed E-state index contributed by atoms with van der Waals surface area (Å²) in [5, 5.41) is 0.896. The largest absolute Gasteiger partial charge is 0.377 e. The molecular weight excluding hydrogens is 294 g/mol. The maximum absolute atomic E-state index is 5.52. The SMILES string of the molecule is Cc1cc(N2CCOCC2CBr)nc(C(C)C)n1. The van der Waals surface area contributed by atoms with Crippen molar-refractivity contribution in [3.05, 3.63) is 17.6 Å². The Balaban J connectivity index is 2.30. The van der Waals surface area contributed by atoms with Gasteiger partial charge in [0.25, 0.3) is 0 Å². The van der Waals surface area contributed by atoms with Gasteiger partial charge in [0.15, 0.2) is 0 Å². The Morgan fingerprint density at radius 1 is 1.50 bits per heavy atom. The molecule has 5 heteroatoms. The standard InChI is InChI=1S/C13H20BrN3O/c1-9(2)13-15-10(3)6-12(16-13)17-4-5-18-8-11(17)7-14/h6,9,11H,4-5,7-8H2,1-3H3. The Morgan fingerprint density at radius 2 is 2.28 bits per heavy atom. The zero-order valence-corrected chi connectivity index (χ0v) is 12.8. The lowest BCUT2D eigenvalue weighted by Crippen LogP contribution is -2.47. The monoisotopic (exact) mass is 313 g/mol. The summed E-state index contributed by atoms with van der Waals surface area (Å²) in [7, 11) is 0. The average Bonchev–Trinajstić information content (AvgIpc) is 2.38. The summed E-state index contributed by atoms with van der Waals surface area (Å²) >= 11 is 3.55. The van der Waals surface area contributed by atoms with Gasteiger partial charge in [0, 0.05) is 29.6 Å². The van der Waals surface area contributed by atoms with E-state index in [1.165, 1.54) is 0 Å². The van der Waals surface area contributed by atoms with Crippen LogP contribution in [0.25, 0.3) is 0 Å². The van der Waals surface area contributed by atoms with Gasteiger partial charge in [-0.1, -0.05) is 29.8 Å². The van der Waals surface area contributed by atoms with Crippen molar-refractivity contribution >= 4 is 21.7 Å². The fourth-order valence-electron chi connectivity index (χ4n) is 2.06. The van der Waals surface area contributed by atoms with E-state index < -0.39 is 0 Å². The van der Waals surface area contributed by atoms with Crippen molar-refractivity contribution in [2.75, 3.05) is 30.0 Å². The van der Waals surface area contributed by atoms with E-state index in [4.69, 9.17) is 9.72 Å². The Bertz CT molecular complexity index is 411. The second-order valence-electron chi connectivity index (χ2n) is 4.96. The molecule has 0 radical (unpaired) electrons. The van der Waals surface area contributed by atoms with Crippen molar-refractivity contribution < 1.29 is 4.74 Å². The molecule has 2 heterocycles. The molecule has 1 aromatic rings. The predicted molar refractivity (Wildman–Crippen MR) is 76.6 cm³/mol. The molecule has 0 spiro atoms. The lowest BCUT2D eigenvalue weighted by atomic mass is 10.2. The third-order valence-corrected chi connectivity index (χ3v) is 3.82. The third-order valence-electron chi connectivity index (χ3n) is 3.07. The van der Waals surface area contributed by atoms with Crippen LogP contribution in [0, 0.1) is 6.92 Å². The van der Waals surface area contributed by atoms with Crippen LogP contribution in [0.15, 0.2) is 6.07 Å². The Hall–Kier alpha value is -0.680. The average molecular weight is 314 g/mol. The van der Waals surface area contributed by atoms with E-state index in [1.807, 2.05) is 6.92 Å². The Morgan fingerprint density at radius 3 is 2.94 bits per heavy atom. The van der Waals surface area contributed by atoms with Crippen molar-refractivity contribution in [2.45, 2.75) is 32.7 Å². The van der Waals surface area contributed by atoms with Gasteiger partial charge in [0.2, 0.25) is 0 Å². The number of nitrogens with zero attached hydrogens (tertiary/aromatic N) is 3. The maximum atomic E-state index is 5.52. The molecule has 0 bridgehead atoms. The molecule has 1 atom stereocenters. The number of hydrogen-bond acceptors (Lipinski definition) is 4. The van der Waals surface area contributed by atoms with Crippen molar-refractivity contribution in [1.29, 1.82) is 0 Å². The van der Waals surface area contributed by atoms with E-state index in [2.05, 4.69) is 45.7 Å². The summed E-state index contributed by atoms with van der Waals surface area (Å²) in [5.74, 6) is 2.30. The van der Waals surface area contributed by atoms with E-state index in [0.29, 0.717) is 12.0 Å². The smallest absolute Gasteiger partial charge is 0.133 e. The highest BCUT2D eigenvalue weighted by atomic mass is 79.9. The van der Waals surface area contributed by atoms with Gasteiger partial charge in [-0.3, -0.25) is 0 Å². The summed E-state index contributed by atoms with van der Waals surface area (Å²) in [6.07, 6.45) is 0. The molecule has 100 valence electrons. The van der Waals surface area contributed by atoms with Crippen molar-refractivity contribution in [3.63, 3.8) is 0 Å². The van der Waals surface area contributed by atoms with Crippen LogP contribution in [0.1, 0.15) is 31.3 Å². The quantitative estimate of drug-likeness (QED) is 0.804. The highest BCUT2D eigenvalue weighted by molar-refractivity contribution is 9.09. The topological polar surface area (TPSA) is 38.2 Å².